The Morgan fingerprint density at radius 3 is 1.08 bits per heavy atom. The summed E-state index contributed by atoms with van der Waals surface area (Å²) in [6.07, 6.45) is 3.66. The topological polar surface area (TPSA) is 25.1 Å². The highest BCUT2D eigenvalue weighted by Crippen LogP contribution is 2.11. The molecule has 2 nitrogen and oxygen atoms in total. The van der Waals surface area contributed by atoms with Crippen LogP contribution < -0.4 is 0 Å². The molecule has 0 saturated carbocycles. The molecule has 0 amide bonds. The van der Waals surface area contributed by atoms with Crippen molar-refractivity contribution in [2.24, 2.45) is 0 Å². The van der Waals surface area contributed by atoms with Crippen LogP contribution in [0.2, 0.25) is 0 Å². The number of hydrogen-bond donors (Lipinski definition) is 0. The number of hydrogen-bond acceptors (Lipinski definition) is 2. The normalized spacial score (nSPS) is 26.3. The Bertz CT molecular complexity index is 74.1. The van der Waals surface area contributed by atoms with E-state index in [4.69, 9.17) is 9.47 Å². The molecule has 2 rings (SSSR count). The van der Waals surface area contributed by atoms with Crippen LogP contribution in [0.15, 0.2) is 0 Å². The molecule has 0 radical (unpaired) electrons. The molecule has 2 fully saturated rings. The van der Waals surface area contributed by atoms with E-state index in [-0.39, 0.29) is 22.3 Å². The maximum Gasteiger partial charge on any atom is 0.0807 e. The largest absolute Gasteiger partial charge is 0.373 e. The second-order valence-corrected chi connectivity index (χ2v) is 2.73. The maximum atomic E-state index is 4.86. The van der Waals surface area contributed by atoms with Crippen LogP contribution in [0.25, 0.3) is 0 Å². The van der Waals surface area contributed by atoms with Gasteiger partial charge in [-0.15, -0.1) is 0 Å². The summed E-state index contributed by atoms with van der Waals surface area (Å²) in [5.41, 5.74) is 0. The molecule has 0 aliphatic carbocycles. The fraction of sp³-hybridized carbons (Fsp3) is 1.00. The van der Waals surface area contributed by atoms with Crippen LogP contribution in [-0.2, 0) is 9.47 Å². The van der Waals surface area contributed by atoms with Crippen molar-refractivity contribution in [3.05, 3.63) is 0 Å². The summed E-state index contributed by atoms with van der Waals surface area (Å²) in [7, 11) is 0. The van der Waals surface area contributed by atoms with Gasteiger partial charge in [-0.25, -0.2) is 0 Å². The number of rotatable bonds is 2. The predicted molar refractivity (Wildman–Crippen MR) is 60.3 cm³/mol. The van der Waals surface area contributed by atoms with Gasteiger partial charge in [-0.1, -0.05) is 36.1 Å². The smallest absolute Gasteiger partial charge is 0.0807 e. The molecule has 84 valence electrons. The molecule has 2 aliphatic heterocycles. The van der Waals surface area contributed by atoms with Gasteiger partial charge in [0.1, 0.15) is 0 Å². The fourth-order valence-corrected chi connectivity index (χ4v) is 0.607. The van der Waals surface area contributed by atoms with E-state index >= 15 is 0 Å². The summed E-state index contributed by atoms with van der Waals surface area (Å²) in [6, 6.07) is 0. The summed E-state index contributed by atoms with van der Waals surface area (Å²) >= 11 is 0. The molecule has 2 saturated heterocycles. The molecule has 0 aromatic carbocycles. The van der Waals surface area contributed by atoms with Crippen LogP contribution >= 0.6 is 0 Å². The van der Waals surface area contributed by atoms with Gasteiger partial charge in [0.15, 0.2) is 0 Å². The molecule has 0 bridgehead atoms. The molecule has 0 N–H and O–H groups in total. The molecule has 2 heteroatoms. The standard InChI is InChI=1S/2C4H8O.3CH4/c2*1-2-4-3-5-4;;;/h2*4H,2-3H2,1H3;3*1H4. The van der Waals surface area contributed by atoms with Gasteiger partial charge in [0.25, 0.3) is 0 Å². The molecule has 2 unspecified atom stereocenters. The van der Waals surface area contributed by atoms with Crippen molar-refractivity contribution in [2.75, 3.05) is 13.2 Å². The van der Waals surface area contributed by atoms with E-state index in [1.165, 1.54) is 12.8 Å². The van der Waals surface area contributed by atoms with E-state index in [1.807, 2.05) is 0 Å². The SMILES string of the molecule is C.C.C.CCC1CO1.CCC1CO1. The van der Waals surface area contributed by atoms with Crippen LogP contribution in [0.5, 0.6) is 0 Å². The first kappa shape index (κ1) is 18.7. The van der Waals surface area contributed by atoms with Crippen LogP contribution in [0.4, 0.5) is 0 Å². The maximum absolute atomic E-state index is 4.86. The first-order valence-electron chi connectivity index (χ1n) is 4.10. The van der Waals surface area contributed by atoms with Crippen molar-refractivity contribution in [3.8, 4) is 0 Å². The first-order chi connectivity index (χ1) is 4.86. The Morgan fingerprint density at radius 2 is 1.08 bits per heavy atom. The van der Waals surface area contributed by atoms with Crippen LogP contribution in [0, 0.1) is 0 Å². The number of ether oxygens (including phenoxy) is 2. The van der Waals surface area contributed by atoms with Gasteiger partial charge >= 0.3 is 0 Å². The minimum Gasteiger partial charge on any atom is -0.373 e. The lowest BCUT2D eigenvalue weighted by atomic mass is 10.4. The van der Waals surface area contributed by atoms with Crippen molar-refractivity contribution in [2.45, 2.75) is 61.2 Å². The Morgan fingerprint density at radius 1 is 0.846 bits per heavy atom. The summed E-state index contributed by atoms with van der Waals surface area (Å²) in [5, 5.41) is 0. The second kappa shape index (κ2) is 10.0. The van der Waals surface area contributed by atoms with Gasteiger partial charge in [0.2, 0.25) is 0 Å². The first-order valence-corrected chi connectivity index (χ1v) is 4.10. The third-order valence-electron chi connectivity index (χ3n) is 1.72. The van der Waals surface area contributed by atoms with E-state index in [0.717, 1.165) is 13.2 Å². The van der Waals surface area contributed by atoms with Gasteiger partial charge in [-0.2, -0.15) is 0 Å². The van der Waals surface area contributed by atoms with E-state index in [0.29, 0.717) is 12.2 Å². The Hall–Kier alpha value is -0.0800. The lowest BCUT2D eigenvalue weighted by molar-refractivity contribution is 0.403. The molecule has 2 aliphatic rings. The van der Waals surface area contributed by atoms with Crippen molar-refractivity contribution in [1.29, 1.82) is 0 Å². The lowest BCUT2D eigenvalue weighted by Crippen LogP contribution is -1.73. The average Bonchev–Trinajstić information content (AvgIpc) is 2.86. The molecule has 13 heavy (non-hydrogen) atoms. The van der Waals surface area contributed by atoms with Gasteiger partial charge < -0.3 is 9.47 Å². The van der Waals surface area contributed by atoms with Gasteiger partial charge in [-0.05, 0) is 12.8 Å². The predicted octanol–water partition coefficient (Wildman–Crippen LogP) is 3.50. The van der Waals surface area contributed by atoms with Crippen molar-refractivity contribution in [1.82, 2.24) is 0 Å². The summed E-state index contributed by atoms with van der Waals surface area (Å²) in [6.45, 7) is 6.29. The highest BCUT2D eigenvalue weighted by molar-refractivity contribution is 4.64. The molecule has 0 aromatic rings. The van der Waals surface area contributed by atoms with Gasteiger partial charge in [0.05, 0.1) is 25.4 Å². The van der Waals surface area contributed by atoms with Crippen molar-refractivity contribution >= 4 is 0 Å². The van der Waals surface area contributed by atoms with E-state index in [9.17, 15) is 0 Å². The molecular formula is C11H28O2. The Labute approximate surface area is 84.6 Å². The minimum atomic E-state index is 0. The third kappa shape index (κ3) is 11.9. The summed E-state index contributed by atoms with van der Waals surface area (Å²) < 4.78 is 9.72. The zero-order valence-corrected chi connectivity index (χ0v) is 6.80. The highest BCUT2D eigenvalue weighted by Gasteiger charge is 2.18. The van der Waals surface area contributed by atoms with Crippen LogP contribution in [0.1, 0.15) is 49.0 Å². The summed E-state index contributed by atoms with van der Waals surface area (Å²) in [5.74, 6) is 0. The lowest BCUT2D eigenvalue weighted by Gasteiger charge is -1.69. The minimum absolute atomic E-state index is 0. The molecule has 0 aromatic heterocycles. The molecule has 2 atom stereocenters. The van der Waals surface area contributed by atoms with Crippen molar-refractivity contribution in [3.63, 3.8) is 0 Å². The Balaban J connectivity index is -0.000000125. The molecule has 2 heterocycles. The second-order valence-electron chi connectivity index (χ2n) is 2.73. The van der Waals surface area contributed by atoms with Gasteiger partial charge in [0, 0.05) is 0 Å². The van der Waals surface area contributed by atoms with E-state index in [2.05, 4.69) is 13.8 Å². The molecule has 0 spiro atoms. The quantitative estimate of drug-likeness (QED) is 0.626. The van der Waals surface area contributed by atoms with Crippen molar-refractivity contribution < 1.29 is 9.47 Å². The summed E-state index contributed by atoms with van der Waals surface area (Å²) in [4.78, 5) is 0. The highest BCUT2D eigenvalue weighted by atomic mass is 16.6. The van der Waals surface area contributed by atoms with E-state index < -0.39 is 0 Å². The van der Waals surface area contributed by atoms with E-state index in [1.54, 1.807) is 0 Å². The van der Waals surface area contributed by atoms with Crippen LogP contribution in [-0.4, -0.2) is 25.4 Å². The van der Waals surface area contributed by atoms with Gasteiger partial charge in [-0.3, -0.25) is 0 Å². The average molecular weight is 192 g/mol. The fourth-order valence-electron chi connectivity index (χ4n) is 0.607. The molecular weight excluding hydrogens is 164 g/mol. The Kier molecular flexibility index (Phi) is 14.4. The van der Waals surface area contributed by atoms with Crippen LogP contribution in [0.3, 0.4) is 0 Å². The third-order valence-corrected chi connectivity index (χ3v) is 1.72. The zero-order valence-electron chi connectivity index (χ0n) is 6.80. The number of epoxide rings is 2. The monoisotopic (exact) mass is 192 g/mol. The zero-order chi connectivity index (χ0) is 7.40.